The minimum absolute atomic E-state index is 0.0181. The van der Waals surface area contributed by atoms with Gasteiger partial charge in [-0.1, -0.05) is 13.0 Å². The Morgan fingerprint density at radius 2 is 1.87 bits per heavy atom. The van der Waals surface area contributed by atoms with Crippen molar-refractivity contribution in [3.63, 3.8) is 0 Å². The molecule has 2 saturated heterocycles. The van der Waals surface area contributed by atoms with Gasteiger partial charge in [0.1, 0.15) is 11.9 Å². The third-order valence-electron chi connectivity index (χ3n) is 5.77. The van der Waals surface area contributed by atoms with Gasteiger partial charge in [0.2, 0.25) is 0 Å². The van der Waals surface area contributed by atoms with Crippen LogP contribution in [0.25, 0.3) is 0 Å². The van der Waals surface area contributed by atoms with Crippen molar-refractivity contribution in [2.75, 3.05) is 42.5 Å². The number of hydrogen-bond donors (Lipinski definition) is 0. The highest BCUT2D eigenvalue weighted by atomic mass is 16.6. The summed E-state index contributed by atoms with van der Waals surface area (Å²) in [5.74, 6) is 1.03. The molecule has 1 aromatic heterocycles. The number of hydrogen-bond acceptors (Lipinski definition) is 5. The van der Waals surface area contributed by atoms with Crippen molar-refractivity contribution in [1.82, 2.24) is 9.88 Å². The first kappa shape index (κ1) is 20.2. The number of piperazine rings is 1. The zero-order valence-corrected chi connectivity index (χ0v) is 17.8. The number of ether oxygens (including phenoxy) is 1. The van der Waals surface area contributed by atoms with E-state index >= 15 is 0 Å². The fraction of sp³-hybridized carbons (Fsp3) is 0.435. The number of pyridine rings is 1. The number of carbonyl (C=O) groups excluding carboxylic acids is 2. The smallest absolute Gasteiger partial charge is 0.414 e. The SMILES string of the molecule is CCc1cnc(N2CCN(C(=O)c3ccc(N4C[C@H](C)OC4=O)cc3)CC2)c(C)c1. The molecular formula is C23H28N4O3. The molecule has 0 bridgehead atoms. The Bertz CT molecular complexity index is 936. The maximum atomic E-state index is 12.9. The molecule has 0 radical (unpaired) electrons. The number of anilines is 2. The predicted octanol–water partition coefficient (Wildman–Crippen LogP) is 3.26. The molecule has 158 valence electrons. The molecule has 2 aliphatic heterocycles. The molecule has 0 saturated carbocycles. The zero-order valence-electron chi connectivity index (χ0n) is 17.8. The van der Waals surface area contributed by atoms with Crippen molar-refractivity contribution < 1.29 is 14.3 Å². The molecular weight excluding hydrogens is 380 g/mol. The monoisotopic (exact) mass is 408 g/mol. The molecule has 0 unspecified atom stereocenters. The third-order valence-corrected chi connectivity index (χ3v) is 5.77. The van der Waals surface area contributed by atoms with Crippen LogP contribution in [0.4, 0.5) is 16.3 Å². The zero-order chi connectivity index (χ0) is 21.3. The van der Waals surface area contributed by atoms with E-state index < -0.39 is 0 Å². The van der Waals surface area contributed by atoms with E-state index in [2.05, 4.69) is 29.8 Å². The van der Waals surface area contributed by atoms with Gasteiger partial charge in [0.25, 0.3) is 5.91 Å². The van der Waals surface area contributed by atoms with Gasteiger partial charge in [-0.25, -0.2) is 9.78 Å². The van der Waals surface area contributed by atoms with Gasteiger partial charge >= 0.3 is 6.09 Å². The summed E-state index contributed by atoms with van der Waals surface area (Å²) in [7, 11) is 0. The van der Waals surface area contributed by atoms with E-state index in [0.29, 0.717) is 25.2 Å². The summed E-state index contributed by atoms with van der Waals surface area (Å²) in [4.78, 5) is 35.2. The quantitative estimate of drug-likeness (QED) is 0.777. The summed E-state index contributed by atoms with van der Waals surface area (Å²) < 4.78 is 5.17. The first-order valence-electron chi connectivity index (χ1n) is 10.5. The van der Waals surface area contributed by atoms with Gasteiger partial charge < -0.3 is 14.5 Å². The summed E-state index contributed by atoms with van der Waals surface area (Å²) >= 11 is 0. The van der Waals surface area contributed by atoms with Gasteiger partial charge in [-0.2, -0.15) is 0 Å². The van der Waals surface area contributed by atoms with Crippen molar-refractivity contribution in [3.05, 3.63) is 53.2 Å². The largest absolute Gasteiger partial charge is 0.444 e. The molecule has 1 aromatic carbocycles. The molecule has 2 amide bonds. The molecule has 0 spiro atoms. The summed E-state index contributed by atoms with van der Waals surface area (Å²) in [6.07, 6.45) is 2.46. The first-order chi connectivity index (χ1) is 14.5. The van der Waals surface area contributed by atoms with Gasteiger partial charge in [-0.3, -0.25) is 9.69 Å². The molecule has 3 heterocycles. The Balaban J connectivity index is 1.38. The van der Waals surface area contributed by atoms with Crippen LogP contribution >= 0.6 is 0 Å². The summed E-state index contributed by atoms with van der Waals surface area (Å²) in [5.41, 5.74) is 3.81. The maximum Gasteiger partial charge on any atom is 0.414 e. The van der Waals surface area contributed by atoms with Crippen LogP contribution in [0, 0.1) is 6.92 Å². The molecule has 7 heteroatoms. The number of rotatable bonds is 4. The van der Waals surface area contributed by atoms with E-state index in [9.17, 15) is 9.59 Å². The van der Waals surface area contributed by atoms with E-state index in [1.807, 2.05) is 30.2 Å². The van der Waals surface area contributed by atoms with Gasteiger partial charge in [-0.15, -0.1) is 0 Å². The Morgan fingerprint density at radius 3 is 2.43 bits per heavy atom. The van der Waals surface area contributed by atoms with Crippen LogP contribution in [0.5, 0.6) is 0 Å². The van der Waals surface area contributed by atoms with Crippen LogP contribution in [0.2, 0.25) is 0 Å². The second kappa shape index (κ2) is 8.34. The van der Waals surface area contributed by atoms with Crippen LogP contribution in [-0.2, 0) is 11.2 Å². The predicted molar refractivity (Wildman–Crippen MR) is 116 cm³/mol. The van der Waals surface area contributed by atoms with E-state index in [-0.39, 0.29) is 18.1 Å². The lowest BCUT2D eigenvalue weighted by Gasteiger charge is -2.36. The lowest BCUT2D eigenvalue weighted by molar-refractivity contribution is 0.0746. The molecule has 2 aromatic rings. The molecule has 2 fully saturated rings. The fourth-order valence-electron chi connectivity index (χ4n) is 4.05. The average molecular weight is 409 g/mol. The van der Waals surface area contributed by atoms with Crippen LogP contribution in [-0.4, -0.2) is 60.7 Å². The number of cyclic esters (lactones) is 1. The van der Waals surface area contributed by atoms with Crippen LogP contribution in [0.1, 0.15) is 35.3 Å². The fourth-order valence-corrected chi connectivity index (χ4v) is 4.05. The van der Waals surface area contributed by atoms with Crippen LogP contribution in [0.3, 0.4) is 0 Å². The minimum atomic E-state index is -0.339. The van der Waals surface area contributed by atoms with Crippen LogP contribution < -0.4 is 9.80 Å². The molecule has 0 aliphatic carbocycles. The number of aromatic nitrogens is 1. The lowest BCUT2D eigenvalue weighted by Crippen LogP contribution is -2.49. The molecule has 1 atom stereocenters. The topological polar surface area (TPSA) is 66.0 Å². The van der Waals surface area contributed by atoms with Crippen LogP contribution in [0.15, 0.2) is 36.5 Å². The number of aryl methyl sites for hydroxylation is 2. The second-order valence-corrected chi connectivity index (χ2v) is 7.97. The van der Waals surface area contributed by atoms with Gasteiger partial charge in [-0.05, 0) is 55.7 Å². The van der Waals surface area contributed by atoms with E-state index in [0.717, 1.165) is 31.0 Å². The van der Waals surface area contributed by atoms with E-state index in [1.54, 1.807) is 17.0 Å². The number of amides is 2. The van der Waals surface area contributed by atoms with Gasteiger partial charge in [0, 0.05) is 43.6 Å². The summed E-state index contributed by atoms with van der Waals surface area (Å²) in [5, 5.41) is 0. The highest BCUT2D eigenvalue weighted by Crippen LogP contribution is 2.23. The standard InChI is InChI=1S/C23H28N4O3/c1-4-18-13-16(2)21(24-14-18)25-9-11-26(12-10-25)22(28)19-5-7-20(8-6-19)27-15-17(3)30-23(27)29/h5-8,13-14,17H,4,9-12,15H2,1-3H3/t17-/m0/s1. The Kier molecular flexibility index (Phi) is 5.61. The first-order valence-corrected chi connectivity index (χ1v) is 10.5. The normalized spacial score (nSPS) is 19.2. The summed E-state index contributed by atoms with van der Waals surface area (Å²) in [6, 6.07) is 9.39. The third kappa shape index (κ3) is 3.97. The van der Waals surface area contributed by atoms with E-state index in [4.69, 9.17) is 4.74 Å². The van der Waals surface area contributed by atoms with Crippen molar-refractivity contribution in [2.24, 2.45) is 0 Å². The average Bonchev–Trinajstić information content (AvgIpc) is 3.11. The van der Waals surface area contributed by atoms with Crippen molar-refractivity contribution in [3.8, 4) is 0 Å². The number of nitrogens with zero attached hydrogens (tertiary/aromatic N) is 4. The van der Waals surface area contributed by atoms with Crippen molar-refractivity contribution in [2.45, 2.75) is 33.3 Å². The molecule has 30 heavy (non-hydrogen) atoms. The molecule has 0 N–H and O–H groups in total. The van der Waals surface area contributed by atoms with Gasteiger partial charge in [0.05, 0.1) is 6.54 Å². The summed E-state index contributed by atoms with van der Waals surface area (Å²) in [6.45, 7) is 9.47. The number of carbonyl (C=O) groups is 2. The Hall–Kier alpha value is -3.09. The lowest BCUT2D eigenvalue weighted by atomic mass is 10.1. The Labute approximate surface area is 177 Å². The minimum Gasteiger partial charge on any atom is -0.444 e. The highest BCUT2D eigenvalue weighted by Gasteiger charge is 2.29. The second-order valence-electron chi connectivity index (χ2n) is 7.97. The molecule has 4 rings (SSSR count). The Morgan fingerprint density at radius 1 is 1.17 bits per heavy atom. The molecule has 2 aliphatic rings. The highest BCUT2D eigenvalue weighted by molar-refractivity contribution is 5.96. The van der Waals surface area contributed by atoms with Gasteiger partial charge in [0.15, 0.2) is 0 Å². The van der Waals surface area contributed by atoms with Crippen molar-refractivity contribution in [1.29, 1.82) is 0 Å². The van der Waals surface area contributed by atoms with E-state index in [1.165, 1.54) is 11.1 Å². The van der Waals surface area contributed by atoms with Crippen molar-refractivity contribution >= 4 is 23.5 Å². The number of benzene rings is 1. The maximum absolute atomic E-state index is 12.9. The molecule has 7 nitrogen and oxygen atoms in total.